The Kier molecular flexibility index (Phi) is 5.58. The Bertz CT molecular complexity index is 173. The first-order chi connectivity index (χ1) is 7.11. The maximum Gasteiger partial charge on any atom is 0.0702 e. The predicted octanol–water partition coefficient (Wildman–Crippen LogP) is 1.34. The Morgan fingerprint density at radius 1 is 1.47 bits per heavy atom. The lowest BCUT2D eigenvalue weighted by Crippen LogP contribution is -2.41. The largest absolute Gasteiger partial charge is 0.377 e. The molecule has 0 aliphatic carbocycles. The lowest BCUT2D eigenvalue weighted by Gasteiger charge is -2.26. The van der Waals surface area contributed by atoms with Crippen molar-refractivity contribution in [1.82, 2.24) is 10.2 Å². The molecule has 1 fully saturated rings. The summed E-state index contributed by atoms with van der Waals surface area (Å²) in [7, 11) is 2.20. The van der Waals surface area contributed by atoms with E-state index in [0.717, 1.165) is 32.2 Å². The second kappa shape index (κ2) is 6.46. The van der Waals surface area contributed by atoms with Gasteiger partial charge >= 0.3 is 0 Å². The zero-order chi connectivity index (χ0) is 11.3. The maximum atomic E-state index is 5.57. The van der Waals surface area contributed by atoms with Crippen LogP contribution in [0.1, 0.15) is 27.2 Å². The van der Waals surface area contributed by atoms with Crippen LogP contribution >= 0.6 is 0 Å². The zero-order valence-electron chi connectivity index (χ0n) is 10.6. The Hall–Kier alpha value is -0.120. The van der Waals surface area contributed by atoms with Gasteiger partial charge in [0.15, 0.2) is 0 Å². The average Bonchev–Trinajstić information content (AvgIpc) is 2.58. The van der Waals surface area contributed by atoms with Gasteiger partial charge in [0.05, 0.1) is 6.10 Å². The molecule has 0 saturated carbocycles. The van der Waals surface area contributed by atoms with Crippen LogP contribution in [0.4, 0.5) is 0 Å². The van der Waals surface area contributed by atoms with Crippen molar-refractivity contribution in [3.8, 4) is 0 Å². The van der Waals surface area contributed by atoms with E-state index in [4.69, 9.17) is 4.74 Å². The average molecular weight is 214 g/mol. The number of hydrogen-bond acceptors (Lipinski definition) is 3. The van der Waals surface area contributed by atoms with Crippen molar-refractivity contribution in [2.45, 2.75) is 39.3 Å². The fraction of sp³-hybridized carbons (Fsp3) is 1.00. The van der Waals surface area contributed by atoms with Crippen LogP contribution in [0.15, 0.2) is 0 Å². The second-order valence-corrected chi connectivity index (χ2v) is 5.01. The molecule has 15 heavy (non-hydrogen) atoms. The Morgan fingerprint density at radius 3 is 2.73 bits per heavy atom. The Morgan fingerprint density at radius 2 is 2.20 bits per heavy atom. The monoisotopic (exact) mass is 214 g/mol. The van der Waals surface area contributed by atoms with Gasteiger partial charge in [0.1, 0.15) is 0 Å². The summed E-state index contributed by atoms with van der Waals surface area (Å²) in [5, 5.41) is 3.47. The lowest BCUT2D eigenvalue weighted by atomic mass is 10.1. The first-order valence-corrected chi connectivity index (χ1v) is 6.14. The topological polar surface area (TPSA) is 24.5 Å². The summed E-state index contributed by atoms with van der Waals surface area (Å²) in [6, 6.07) is 0.617. The Labute approximate surface area is 94.2 Å². The molecule has 2 unspecified atom stereocenters. The molecule has 0 radical (unpaired) electrons. The van der Waals surface area contributed by atoms with Crippen LogP contribution in [-0.2, 0) is 4.74 Å². The molecule has 1 aliphatic rings. The lowest BCUT2D eigenvalue weighted by molar-refractivity contribution is 0.0840. The summed E-state index contributed by atoms with van der Waals surface area (Å²) in [5.74, 6) is 0.740. The molecule has 0 aromatic heterocycles. The summed E-state index contributed by atoms with van der Waals surface area (Å²) in [5.41, 5.74) is 0. The molecule has 0 bridgehead atoms. The van der Waals surface area contributed by atoms with E-state index in [0.29, 0.717) is 12.1 Å². The summed E-state index contributed by atoms with van der Waals surface area (Å²) < 4.78 is 5.57. The van der Waals surface area contributed by atoms with E-state index in [1.54, 1.807) is 0 Å². The summed E-state index contributed by atoms with van der Waals surface area (Å²) >= 11 is 0. The van der Waals surface area contributed by atoms with Crippen LogP contribution in [0.3, 0.4) is 0 Å². The standard InChI is InChI=1S/C12H26N2O/c1-10(2)9-13-6-7-14(4)12-5-8-15-11(12)3/h10-13H,5-9H2,1-4H3. The van der Waals surface area contributed by atoms with E-state index in [2.05, 4.69) is 38.0 Å². The van der Waals surface area contributed by atoms with Gasteiger partial charge < -0.3 is 10.1 Å². The first-order valence-electron chi connectivity index (χ1n) is 6.14. The number of nitrogens with zero attached hydrogens (tertiary/aromatic N) is 1. The van der Waals surface area contributed by atoms with Crippen molar-refractivity contribution in [3.63, 3.8) is 0 Å². The van der Waals surface area contributed by atoms with Crippen molar-refractivity contribution < 1.29 is 4.74 Å². The van der Waals surface area contributed by atoms with Crippen molar-refractivity contribution in [2.24, 2.45) is 5.92 Å². The van der Waals surface area contributed by atoms with Crippen LogP contribution in [0.2, 0.25) is 0 Å². The van der Waals surface area contributed by atoms with Gasteiger partial charge in [0, 0.05) is 25.7 Å². The molecular formula is C12H26N2O. The normalized spacial score (nSPS) is 26.8. The molecule has 2 atom stereocenters. The van der Waals surface area contributed by atoms with E-state index in [-0.39, 0.29) is 0 Å². The van der Waals surface area contributed by atoms with Gasteiger partial charge in [-0.2, -0.15) is 0 Å². The van der Waals surface area contributed by atoms with Crippen LogP contribution in [-0.4, -0.2) is 50.3 Å². The summed E-state index contributed by atoms with van der Waals surface area (Å²) in [4.78, 5) is 2.42. The van der Waals surface area contributed by atoms with E-state index in [9.17, 15) is 0 Å². The van der Waals surface area contributed by atoms with Gasteiger partial charge in [-0.15, -0.1) is 0 Å². The number of likely N-dealkylation sites (N-methyl/N-ethyl adjacent to an activating group) is 1. The van der Waals surface area contributed by atoms with Crippen molar-refractivity contribution >= 4 is 0 Å². The molecule has 1 N–H and O–H groups in total. The van der Waals surface area contributed by atoms with Gasteiger partial charge in [-0.3, -0.25) is 4.90 Å². The van der Waals surface area contributed by atoms with Gasteiger partial charge in [-0.1, -0.05) is 13.8 Å². The minimum absolute atomic E-state index is 0.403. The number of hydrogen-bond donors (Lipinski definition) is 1. The third kappa shape index (κ3) is 4.49. The van der Waals surface area contributed by atoms with E-state index in [1.165, 1.54) is 6.42 Å². The first kappa shape index (κ1) is 12.9. The predicted molar refractivity (Wildman–Crippen MR) is 64.2 cm³/mol. The smallest absolute Gasteiger partial charge is 0.0702 e. The fourth-order valence-corrected chi connectivity index (χ4v) is 2.11. The molecular weight excluding hydrogens is 188 g/mol. The molecule has 0 aromatic rings. The summed E-state index contributed by atoms with van der Waals surface area (Å²) in [6.45, 7) is 10.9. The second-order valence-electron chi connectivity index (χ2n) is 5.01. The highest BCUT2D eigenvalue weighted by Crippen LogP contribution is 2.17. The zero-order valence-corrected chi connectivity index (χ0v) is 10.6. The van der Waals surface area contributed by atoms with Gasteiger partial charge in [0.2, 0.25) is 0 Å². The molecule has 3 heteroatoms. The van der Waals surface area contributed by atoms with Crippen LogP contribution in [0.25, 0.3) is 0 Å². The van der Waals surface area contributed by atoms with Gasteiger partial charge in [-0.25, -0.2) is 0 Å². The molecule has 1 heterocycles. The molecule has 0 spiro atoms. The molecule has 0 aromatic carbocycles. The molecule has 1 rings (SSSR count). The van der Waals surface area contributed by atoms with Crippen LogP contribution < -0.4 is 5.32 Å². The highest BCUT2D eigenvalue weighted by atomic mass is 16.5. The molecule has 3 nitrogen and oxygen atoms in total. The highest BCUT2D eigenvalue weighted by Gasteiger charge is 2.27. The highest BCUT2D eigenvalue weighted by molar-refractivity contribution is 4.80. The van der Waals surface area contributed by atoms with Crippen molar-refractivity contribution in [2.75, 3.05) is 33.3 Å². The van der Waals surface area contributed by atoms with E-state index >= 15 is 0 Å². The van der Waals surface area contributed by atoms with Gasteiger partial charge in [-0.05, 0) is 32.9 Å². The Balaban J connectivity index is 2.10. The summed E-state index contributed by atoms with van der Waals surface area (Å²) in [6.07, 6.45) is 1.59. The van der Waals surface area contributed by atoms with Crippen LogP contribution in [0, 0.1) is 5.92 Å². The number of rotatable bonds is 6. The van der Waals surface area contributed by atoms with Crippen LogP contribution in [0.5, 0.6) is 0 Å². The number of nitrogens with one attached hydrogen (secondary N) is 1. The molecule has 1 aliphatic heterocycles. The molecule has 1 saturated heterocycles. The SMILES string of the molecule is CC(C)CNCCN(C)C1CCOC1C. The minimum atomic E-state index is 0.403. The van der Waals surface area contributed by atoms with E-state index < -0.39 is 0 Å². The van der Waals surface area contributed by atoms with E-state index in [1.807, 2.05) is 0 Å². The third-order valence-corrected chi connectivity index (χ3v) is 3.10. The van der Waals surface area contributed by atoms with Gasteiger partial charge in [0.25, 0.3) is 0 Å². The van der Waals surface area contributed by atoms with Crippen molar-refractivity contribution in [3.05, 3.63) is 0 Å². The third-order valence-electron chi connectivity index (χ3n) is 3.10. The number of ether oxygens (including phenoxy) is 1. The van der Waals surface area contributed by atoms with Crippen molar-refractivity contribution in [1.29, 1.82) is 0 Å². The minimum Gasteiger partial charge on any atom is -0.377 e. The fourth-order valence-electron chi connectivity index (χ4n) is 2.11. The molecule has 90 valence electrons. The molecule has 0 amide bonds. The quantitative estimate of drug-likeness (QED) is 0.675. The maximum absolute atomic E-state index is 5.57.